The van der Waals surface area contributed by atoms with Crippen molar-refractivity contribution in [2.45, 2.75) is 44.6 Å². The van der Waals surface area contributed by atoms with Gasteiger partial charge >= 0.3 is 5.97 Å². The van der Waals surface area contributed by atoms with Crippen LogP contribution in [-0.2, 0) is 16.0 Å². The van der Waals surface area contributed by atoms with Gasteiger partial charge in [-0.2, -0.15) is 0 Å². The highest BCUT2D eigenvalue weighted by molar-refractivity contribution is 7.10. The molecule has 1 aliphatic carbocycles. The van der Waals surface area contributed by atoms with Crippen LogP contribution in [0, 0.1) is 5.92 Å². The summed E-state index contributed by atoms with van der Waals surface area (Å²) >= 11 is 1.55. The van der Waals surface area contributed by atoms with E-state index < -0.39 is 11.9 Å². The zero-order valence-electron chi connectivity index (χ0n) is 10.8. The number of thiophene rings is 1. The second kappa shape index (κ2) is 6.70. The number of nitrogens with one attached hydrogen (secondary N) is 1. The lowest BCUT2D eigenvalue weighted by Crippen LogP contribution is -2.43. The van der Waals surface area contributed by atoms with E-state index in [-0.39, 0.29) is 11.9 Å². The first-order valence-corrected chi connectivity index (χ1v) is 7.59. The van der Waals surface area contributed by atoms with E-state index in [2.05, 4.69) is 5.32 Å². The summed E-state index contributed by atoms with van der Waals surface area (Å²) in [7, 11) is 0. The highest BCUT2D eigenvalue weighted by Crippen LogP contribution is 2.24. The molecule has 1 amide bonds. The Balaban J connectivity index is 1.94. The number of amides is 1. The first-order valence-electron chi connectivity index (χ1n) is 6.71. The zero-order valence-corrected chi connectivity index (χ0v) is 11.6. The molecule has 0 bridgehead atoms. The molecule has 1 aliphatic rings. The lowest BCUT2D eigenvalue weighted by atomic mass is 9.95. The molecule has 1 saturated carbocycles. The molecule has 4 nitrogen and oxygen atoms in total. The van der Waals surface area contributed by atoms with Crippen molar-refractivity contribution in [2.75, 3.05) is 0 Å². The van der Waals surface area contributed by atoms with Crippen molar-refractivity contribution >= 4 is 23.2 Å². The topological polar surface area (TPSA) is 66.4 Å². The van der Waals surface area contributed by atoms with Gasteiger partial charge in [-0.1, -0.05) is 25.3 Å². The largest absolute Gasteiger partial charge is 0.481 e. The van der Waals surface area contributed by atoms with Crippen LogP contribution < -0.4 is 5.32 Å². The molecule has 0 aromatic carbocycles. The first kappa shape index (κ1) is 14.1. The van der Waals surface area contributed by atoms with Crippen LogP contribution in [0.25, 0.3) is 0 Å². The Morgan fingerprint density at radius 3 is 2.79 bits per heavy atom. The highest BCUT2D eigenvalue weighted by Gasteiger charge is 2.30. The summed E-state index contributed by atoms with van der Waals surface area (Å²) in [6, 6.07) is 3.62. The Labute approximate surface area is 116 Å². The molecule has 1 fully saturated rings. The van der Waals surface area contributed by atoms with E-state index in [1.807, 2.05) is 17.5 Å². The Hall–Kier alpha value is -1.36. The van der Waals surface area contributed by atoms with Crippen LogP contribution in [0.15, 0.2) is 17.5 Å². The van der Waals surface area contributed by atoms with Crippen LogP contribution in [0.2, 0.25) is 0 Å². The van der Waals surface area contributed by atoms with Gasteiger partial charge in [0.25, 0.3) is 0 Å². The third-order valence-electron chi connectivity index (χ3n) is 3.59. The Morgan fingerprint density at radius 2 is 2.11 bits per heavy atom. The second-order valence-electron chi connectivity index (χ2n) is 5.01. The number of carboxylic acid groups (broad SMARTS) is 1. The molecule has 1 aromatic heterocycles. The summed E-state index contributed by atoms with van der Waals surface area (Å²) in [6.45, 7) is 0. The summed E-state index contributed by atoms with van der Waals surface area (Å²) in [5, 5.41) is 14.1. The number of aliphatic carboxylic acids is 1. The molecule has 5 heteroatoms. The molecule has 104 valence electrons. The third kappa shape index (κ3) is 4.06. The first-order chi connectivity index (χ1) is 9.16. The minimum atomic E-state index is -0.789. The predicted molar refractivity (Wildman–Crippen MR) is 74.2 cm³/mol. The molecule has 2 rings (SSSR count). The minimum Gasteiger partial charge on any atom is -0.481 e. The summed E-state index contributed by atoms with van der Waals surface area (Å²) < 4.78 is 0. The quantitative estimate of drug-likeness (QED) is 0.833. The lowest BCUT2D eigenvalue weighted by molar-refractivity contribution is -0.143. The van der Waals surface area contributed by atoms with Gasteiger partial charge in [-0.05, 0) is 24.3 Å². The number of carbonyl (C=O) groups excluding carboxylic acids is 1. The van der Waals surface area contributed by atoms with Crippen molar-refractivity contribution in [3.8, 4) is 0 Å². The van der Waals surface area contributed by atoms with E-state index in [0.29, 0.717) is 12.8 Å². The van der Waals surface area contributed by atoms with E-state index in [9.17, 15) is 14.7 Å². The van der Waals surface area contributed by atoms with Gasteiger partial charge in [-0.15, -0.1) is 11.3 Å². The van der Waals surface area contributed by atoms with Crippen molar-refractivity contribution in [3.05, 3.63) is 22.4 Å². The van der Waals surface area contributed by atoms with Crippen LogP contribution in [0.3, 0.4) is 0 Å². The van der Waals surface area contributed by atoms with Gasteiger partial charge in [0.15, 0.2) is 0 Å². The molecule has 0 spiro atoms. The predicted octanol–water partition coefficient (Wildman–Crippen LogP) is 2.44. The summed E-state index contributed by atoms with van der Waals surface area (Å²) in [4.78, 5) is 24.2. The smallest absolute Gasteiger partial charge is 0.308 e. The van der Waals surface area contributed by atoms with Gasteiger partial charge in [0.05, 0.1) is 12.3 Å². The molecular weight excluding hydrogens is 262 g/mol. The van der Waals surface area contributed by atoms with E-state index in [4.69, 9.17) is 0 Å². The second-order valence-corrected chi connectivity index (χ2v) is 6.05. The van der Waals surface area contributed by atoms with Gasteiger partial charge in [0.2, 0.25) is 5.91 Å². The molecule has 0 saturated heterocycles. The third-order valence-corrected chi connectivity index (χ3v) is 4.47. The van der Waals surface area contributed by atoms with Gasteiger partial charge in [0, 0.05) is 10.9 Å². The summed E-state index contributed by atoms with van der Waals surface area (Å²) in [6.07, 6.45) is 4.77. The summed E-state index contributed by atoms with van der Waals surface area (Å²) in [5.74, 6) is -1.29. The van der Waals surface area contributed by atoms with E-state index >= 15 is 0 Å². The van der Waals surface area contributed by atoms with Crippen molar-refractivity contribution in [1.82, 2.24) is 5.32 Å². The average Bonchev–Trinajstić information content (AvgIpc) is 2.73. The fourth-order valence-electron chi connectivity index (χ4n) is 2.61. The van der Waals surface area contributed by atoms with E-state index in [1.165, 1.54) is 0 Å². The maximum atomic E-state index is 12.0. The van der Waals surface area contributed by atoms with Gasteiger partial charge in [-0.25, -0.2) is 0 Å². The molecular formula is C14H19NO3S. The summed E-state index contributed by atoms with van der Waals surface area (Å²) in [5.41, 5.74) is 0. The number of rotatable bonds is 4. The van der Waals surface area contributed by atoms with E-state index in [1.54, 1.807) is 11.3 Å². The van der Waals surface area contributed by atoms with Gasteiger partial charge < -0.3 is 10.4 Å². The fraction of sp³-hybridized carbons (Fsp3) is 0.571. The normalized spacial score (nSPS) is 23.6. The zero-order chi connectivity index (χ0) is 13.7. The van der Waals surface area contributed by atoms with Gasteiger partial charge in [0.1, 0.15) is 0 Å². The van der Waals surface area contributed by atoms with Crippen LogP contribution in [0.4, 0.5) is 0 Å². The SMILES string of the molecule is O=C(Cc1cccs1)N[C@H]1CCCCC[C@H]1C(=O)O. The van der Waals surface area contributed by atoms with Crippen molar-refractivity contribution in [3.63, 3.8) is 0 Å². The number of hydrogen-bond acceptors (Lipinski definition) is 3. The Kier molecular flexibility index (Phi) is 4.96. The van der Waals surface area contributed by atoms with Crippen LogP contribution in [0.5, 0.6) is 0 Å². The number of hydrogen-bond donors (Lipinski definition) is 2. The lowest BCUT2D eigenvalue weighted by Gasteiger charge is -2.22. The fourth-order valence-corrected chi connectivity index (χ4v) is 3.31. The number of carboxylic acids is 1. The molecule has 0 radical (unpaired) electrons. The maximum absolute atomic E-state index is 12.0. The maximum Gasteiger partial charge on any atom is 0.308 e. The van der Waals surface area contributed by atoms with Crippen LogP contribution in [0.1, 0.15) is 37.0 Å². The van der Waals surface area contributed by atoms with Gasteiger partial charge in [-0.3, -0.25) is 9.59 Å². The Morgan fingerprint density at radius 1 is 1.32 bits per heavy atom. The van der Waals surface area contributed by atoms with Crippen molar-refractivity contribution < 1.29 is 14.7 Å². The minimum absolute atomic E-state index is 0.0689. The van der Waals surface area contributed by atoms with Crippen LogP contribution in [-0.4, -0.2) is 23.0 Å². The monoisotopic (exact) mass is 281 g/mol. The van der Waals surface area contributed by atoms with E-state index in [0.717, 1.165) is 30.6 Å². The van der Waals surface area contributed by atoms with Crippen LogP contribution >= 0.6 is 11.3 Å². The average molecular weight is 281 g/mol. The molecule has 2 atom stereocenters. The molecule has 1 aromatic rings. The molecule has 2 N–H and O–H groups in total. The standard InChI is InChI=1S/C14H19NO3S/c16-13(9-10-5-4-8-19-10)15-12-7-3-1-2-6-11(12)14(17)18/h4-5,8,11-12H,1-3,6-7,9H2,(H,15,16)(H,17,18)/t11-,12+/m1/s1. The highest BCUT2D eigenvalue weighted by atomic mass is 32.1. The molecule has 1 heterocycles. The number of carbonyl (C=O) groups is 2. The van der Waals surface area contributed by atoms with Crippen molar-refractivity contribution in [1.29, 1.82) is 0 Å². The molecule has 0 unspecified atom stereocenters. The van der Waals surface area contributed by atoms with Crippen molar-refractivity contribution in [2.24, 2.45) is 5.92 Å². The Bertz CT molecular complexity index is 430. The molecule has 19 heavy (non-hydrogen) atoms. The molecule has 0 aliphatic heterocycles.